The molecule has 7 nitrogen and oxygen atoms in total. The van der Waals surface area contributed by atoms with Crippen LogP contribution in [-0.4, -0.2) is 40.3 Å². The highest BCUT2D eigenvalue weighted by atomic mass is 35.5. The third kappa shape index (κ3) is 5.29. The summed E-state index contributed by atoms with van der Waals surface area (Å²) in [6.45, 7) is 6.80. The Balaban J connectivity index is 1.71. The predicted octanol–water partition coefficient (Wildman–Crippen LogP) is 5.84. The normalized spacial score (nSPS) is 16.4. The molecule has 9 heteroatoms. The number of nitrogens with one attached hydrogen (secondary N) is 1. The molecule has 0 saturated carbocycles. The Hall–Kier alpha value is -3.23. The number of aromatic nitrogens is 2. The van der Waals surface area contributed by atoms with Crippen LogP contribution in [0, 0.1) is 5.82 Å². The van der Waals surface area contributed by atoms with Gasteiger partial charge in [0.25, 0.3) is 5.89 Å². The third-order valence-corrected chi connectivity index (χ3v) is 5.77. The van der Waals surface area contributed by atoms with Gasteiger partial charge in [-0.15, -0.1) is 0 Å². The summed E-state index contributed by atoms with van der Waals surface area (Å²) in [5.41, 5.74) is 2.68. The summed E-state index contributed by atoms with van der Waals surface area (Å²) in [5, 5.41) is 7.69. The average molecular weight is 485 g/mol. The molecule has 1 atom stereocenters. The average Bonchev–Trinajstić information content (AvgIpc) is 3.28. The Bertz CT molecular complexity index is 1190. The monoisotopic (exact) mass is 484 g/mol. The second kappa shape index (κ2) is 10.4. The Morgan fingerprint density at radius 1 is 1.24 bits per heavy atom. The van der Waals surface area contributed by atoms with Gasteiger partial charge in [0.1, 0.15) is 5.82 Å². The maximum absolute atomic E-state index is 13.7. The first-order valence-electron chi connectivity index (χ1n) is 11.1. The van der Waals surface area contributed by atoms with E-state index in [1.165, 1.54) is 12.1 Å². The molecule has 0 fully saturated rings. The maximum atomic E-state index is 13.7. The Labute approximate surface area is 202 Å². The summed E-state index contributed by atoms with van der Waals surface area (Å²) in [5.74, 6) is 0.122. The zero-order chi connectivity index (χ0) is 24.2. The van der Waals surface area contributed by atoms with E-state index >= 15 is 0 Å². The van der Waals surface area contributed by atoms with Crippen LogP contribution in [0.5, 0.6) is 0 Å². The van der Waals surface area contributed by atoms with Crippen molar-refractivity contribution >= 4 is 23.2 Å². The molecule has 0 spiro atoms. The molecular formula is C25H26ClFN4O3. The van der Waals surface area contributed by atoms with Gasteiger partial charge < -0.3 is 14.6 Å². The molecular weight excluding hydrogens is 459 g/mol. The number of allylic oxidation sites excluding steroid dienone is 1. The molecule has 0 bridgehead atoms. The van der Waals surface area contributed by atoms with E-state index in [0.717, 1.165) is 5.56 Å². The van der Waals surface area contributed by atoms with E-state index < -0.39 is 11.9 Å². The molecule has 2 heterocycles. The summed E-state index contributed by atoms with van der Waals surface area (Å²) >= 11 is 6.07. The number of benzene rings is 2. The first-order chi connectivity index (χ1) is 16.3. The van der Waals surface area contributed by atoms with Crippen LogP contribution < -0.4 is 5.32 Å². The van der Waals surface area contributed by atoms with Crippen LogP contribution in [0.15, 0.2) is 58.8 Å². The minimum absolute atomic E-state index is 0.122. The topological polar surface area (TPSA) is 80.5 Å². The van der Waals surface area contributed by atoms with Gasteiger partial charge >= 0.3 is 6.03 Å². The van der Waals surface area contributed by atoms with Crippen LogP contribution in [0.3, 0.4) is 0 Å². The first-order valence-corrected chi connectivity index (χ1v) is 11.5. The molecule has 1 aliphatic heterocycles. The van der Waals surface area contributed by atoms with Gasteiger partial charge in [-0.25, -0.2) is 9.18 Å². The van der Waals surface area contributed by atoms with Crippen molar-refractivity contribution in [2.45, 2.75) is 39.3 Å². The van der Waals surface area contributed by atoms with Gasteiger partial charge in [-0.3, -0.25) is 4.90 Å². The number of carbonyl (C=O) groups is 1. The molecule has 1 N–H and O–H groups in total. The molecule has 3 aromatic rings. The largest absolute Gasteiger partial charge is 0.379 e. The Kier molecular flexibility index (Phi) is 7.29. The van der Waals surface area contributed by atoms with Gasteiger partial charge in [0, 0.05) is 29.4 Å². The van der Waals surface area contributed by atoms with Gasteiger partial charge in [0.05, 0.1) is 17.7 Å². The number of ether oxygens (including phenoxy) is 1. The Morgan fingerprint density at radius 3 is 2.71 bits per heavy atom. The van der Waals surface area contributed by atoms with Gasteiger partial charge in [-0.1, -0.05) is 41.0 Å². The number of hydrogen-bond donors (Lipinski definition) is 1. The van der Waals surface area contributed by atoms with Crippen LogP contribution in [0.1, 0.15) is 44.7 Å². The highest BCUT2D eigenvalue weighted by molar-refractivity contribution is 6.30. The van der Waals surface area contributed by atoms with Crippen molar-refractivity contribution in [3.63, 3.8) is 0 Å². The number of nitrogens with zero attached hydrogens (tertiary/aromatic N) is 3. The van der Waals surface area contributed by atoms with E-state index in [-0.39, 0.29) is 23.9 Å². The van der Waals surface area contributed by atoms with Gasteiger partial charge in [0.15, 0.2) is 0 Å². The maximum Gasteiger partial charge on any atom is 0.322 e. The molecule has 34 heavy (non-hydrogen) atoms. The summed E-state index contributed by atoms with van der Waals surface area (Å²) in [6.07, 6.45) is 0.788. The fourth-order valence-electron chi connectivity index (χ4n) is 3.85. The molecule has 0 saturated heterocycles. The first kappa shape index (κ1) is 23.9. The van der Waals surface area contributed by atoms with Crippen LogP contribution in [0.2, 0.25) is 5.02 Å². The number of hydrogen-bond acceptors (Lipinski definition) is 5. The minimum atomic E-state index is -0.520. The number of rotatable bonds is 8. The van der Waals surface area contributed by atoms with Crippen LogP contribution in [-0.2, 0) is 4.74 Å². The molecule has 178 valence electrons. The third-order valence-electron chi connectivity index (χ3n) is 5.52. The van der Waals surface area contributed by atoms with Gasteiger partial charge in [0.2, 0.25) is 5.82 Å². The number of halogens is 2. The predicted molar refractivity (Wildman–Crippen MR) is 127 cm³/mol. The van der Waals surface area contributed by atoms with Gasteiger partial charge in [-0.05, 0) is 57.0 Å². The molecule has 1 unspecified atom stereocenters. The van der Waals surface area contributed by atoms with E-state index in [2.05, 4.69) is 15.5 Å². The molecule has 0 aliphatic carbocycles. The lowest BCUT2D eigenvalue weighted by atomic mass is 9.94. The number of urea groups is 1. The molecule has 1 aliphatic rings. The molecule has 2 amide bonds. The fourth-order valence-corrected chi connectivity index (χ4v) is 3.98. The van der Waals surface area contributed by atoms with Crippen LogP contribution in [0.4, 0.5) is 9.18 Å². The van der Waals surface area contributed by atoms with E-state index in [0.29, 0.717) is 41.4 Å². The van der Waals surface area contributed by atoms with E-state index in [9.17, 15) is 9.18 Å². The smallest absolute Gasteiger partial charge is 0.322 e. The second-order valence-corrected chi connectivity index (χ2v) is 8.73. The standard InChI is InChI=1S/C25H26ClFN4O3/c1-15(2)33-13-5-12-31-16(3)21(22(28-25(31)32)17-8-10-19(26)11-9-17)24-29-23(30-34-24)18-6-4-7-20(27)14-18/h4,6-11,14-15,22H,5,12-13H2,1-3H3,(H,28,32). The lowest BCUT2D eigenvalue weighted by Gasteiger charge is -2.35. The zero-order valence-electron chi connectivity index (χ0n) is 19.2. The molecule has 1 aromatic heterocycles. The SMILES string of the molecule is CC1=C(c2nc(-c3cccc(F)c3)no2)C(c2ccc(Cl)cc2)NC(=O)N1CCCOC(C)C. The fraction of sp³-hybridized carbons (Fsp3) is 0.320. The summed E-state index contributed by atoms with van der Waals surface area (Å²) < 4.78 is 24.9. The van der Waals surface area contributed by atoms with Crippen molar-refractivity contribution in [3.8, 4) is 11.4 Å². The zero-order valence-corrected chi connectivity index (χ0v) is 20.0. The quantitative estimate of drug-likeness (QED) is 0.406. The Morgan fingerprint density at radius 2 is 2.00 bits per heavy atom. The molecule has 4 rings (SSSR count). The summed E-state index contributed by atoms with van der Waals surface area (Å²) in [4.78, 5) is 19.2. The number of amides is 2. The molecule has 0 radical (unpaired) electrons. The second-order valence-electron chi connectivity index (χ2n) is 8.29. The van der Waals surface area contributed by atoms with Crippen molar-refractivity contribution in [1.29, 1.82) is 0 Å². The summed E-state index contributed by atoms with van der Waals surface area (Å²) in [6, 6.07) is 12.5. The van der Waals surface area contributed by atoms with Crippen molar-refractivity contribution < 1.29 is 18.4 Å². The lowest BCUT2D eigenvalue weighted by molar-refractivity contribution is 0.0736. The van der Waals surface area contributed by atoms with Crippen LogP contribution >= 0.6 is 11.6 Å². The lowest BCUT2D eigenvalue weighted by Crippen LogP contribution is -2.46. The van der Waals surface area contributed by atoms with Gasteiger partial charge in [-0.2, -0.15) is 4.98 Å². The van der Waals surface area contributed by atoms with Crippen molar-refractivity contribution in [2.24, 2.45) is 0 Å². The minimum Gasteiger partial charge on any atom is -0.379 e. The number of carbonyl (C=O) groups excluding carboxylic acids is 1. The summed E-state index contributed by atoms with van der Waals surface area (Å²) in [7, 11) is 0. The van der Waals surface area contributed by atoms with Crippen molar-refractivity contribution in [2.75, 3.05) is 13.2 Å². The molecule has 2 aromatic carbocycles. The highest BCUT2D eigenvalue weighted by Gasteiger charge is 2.35. The van der Waals surface area contributed by atoms with Crippen molar-refractivity contribution in [3.05, 3.63) is 76.5 Å². The van der Waals surface area contributed by atoms with E-state index in [4.69, 9.17) is 20.9 Å². The van der Waals surface area contributed by atoms with E-state index in [1.807, 2.05) is 32.9 Å². The van der Waals surface area contributed by atoms with E-state index in [1.54, 1.807) is 29.2 Å². The highest BCUT2D eigenvalue weighted by Crippen LogP contribution is 2.37. The van der Waals surface area contributed by atoms with Crippen LogP contribution in [0.25, 0.3) is 17.0 Å². The van der Waals surface area contributed by atoms with Crippen molar-refractivity contribution in [1.82, 2.24) is 20.4 Å².